The molecule has 84 valence electrons. The lowest BCUT2D eigenvalue weighted by atomic mass is 10.0. The smallest absolute Gasteiger partial charge is 0.229 e. The van der Waals surface area contributed by atoms with Crippen LogP contribution in [-0.2, 0) is 6.42 Å². The zero-order chi connectivity index (χ0) is 10.5. The van der Waals surface area contributed by atoms with Gasteiger partial charge in [-0.25, -0.2) is 0 Å². The van der Waals surface area contributed by atoms with E-state index in [0.717, 1.165) is 44.1 Å². The van der Waals surface area contributed by atoms with Crippen molar-refractivity contribution in [1.29, 1.82) is 0 Å². The van der Waals surface area contributed by atoms with Gasteiger partial charge in [0.1, 0.15) is 0 Å². The van der Waals surface area contributed by atoms with E-state index in [1.54, 1.807) is 0 Å². The standard InChI is InChI=1S/C11H19N3O/c1-2-4-10-13-11(15-14-10)9-5-3-7-12-8-6-9/h9,12H,2-8H2,1H3. The van der Waals surface area contributed by atoms with Crippen LogP contribution in [0.25, 0.3) is 0 Å². The summed E-state index contributed by atoms with van der Waals surface area (Å²) >= 11 is 0. The summed E-state index contributed by atoms with van der Waals surface area (Å²) in [6.07, 6.45) is 5.49. The lowest BCUT2D eigenvalue weighted by molar-refractivity contribution is 0.339. The largest absolute Gasteiger partial charge is 0.339 e. The summed E-state index contributed by atoms with van der Waals surface area (Å²) in [4.78, 5) is 4.46. The summed E-state index contributed by atoms with van der Waals surface area (Å²) < 4.78 is 5.32. The Balaban J connectivity index is 2.00. The van der Waals surface area contributed by atoms with Crippen LogP contribution in [0.2, 0.25) is 0 Å². The SMILES string of the molecule is CCCc1noc(C2CCCNCC2)n1. The number of aromatic nitrogens is 2. The highest BCUT2D eigenvalue weighted by atomic mass is 16.5. The van der Waals surface area contributed by atoms with Gasteiger partial charge in [-0.2, -0.15) is 4.98 Å². The van der Waals surface area contributed by atoms with Gasteiger partial charge in [-0.3, -0.25) is 0 Å². The molecule has 1 fully saturated rings. The van der Waals surface area contributed by atoms with Crippen LogP contribution < -0.4 is 5.32 Å². The van der Waals surface area contributed by atoms with E-state index in [4.69, 9.17) is 4.52 Å². The van der Waals surface area contributed by atoms with E-state index in [-0.39, 0.29) is 0 Å². The van der Waals surface area contributed by atoms with Crippen molar-refractivity contribution in [2.75, 3.05) is 13.1 Å². The molecule has 2 heterocycles. The number of nitrogens with zero attached hydrogens (tertiary/aromatic N) is 2. The molecule has 15 heavy (non-hydrogen) atoms. The van der Waals surface area contributed by atoms with Gasteiger partial charge in [0, 0.05) is 12.3 Å². The molecule has 1 saturated heterocycles. The van der Waals surface area contributed by atoms with Gasteiger partial charge in [0.25, 0.3) is 0 Å². The number of aryl methyl sites for hydroxylation is 1. The highest BCUT2D eigenvalue weighted by Crippen LogP contribution is 2.24. The highest BCUT2D eigenvalue weighted by Gasteiger charge is 2.19. The minimum atomic E-state index is 0.470. The van der Waals surface area contributed by atoms with Gasteiger partial charge in [-0.05, 0) is 38.8 Å². The lowest BCUT2D eigenvalue weighted by Gasteiger charge is -2.06. The van der Waals surface area contributed by atoms with Gasteiger partial charge in [-0.1, -0.05) is 12.1 Å². The molecule has 1 aromatic rings. The maximum absolute atomic E-state index is 5.32. The fraction of sp³-hybridized carbons (Fsp3) is 0.818. The quantitative estimate of drug-likeness (QED) is 0.825. The molecule has 1 aliphatic heterocycles. The molecule has 0 amide bonds. The number of hydrogen-bond acceptors (Lipinski definition) is 4. The Bertz CT molecular complexity index is 290. The molecule has 0 bridgehead atoms. The Labute approximate surface area is 90.4 Å². The lowest BCUT2D eigenvalue weighted by Crippen LogP contribution is -2.13. The molecule has 0 aliphatic carbocycles. The number of nitrogens with one attached hydrogen (secondary N) is 1. The van der Waals surface area contributed by atoms with Crippen molar-refractivity contribution in [1.82, 2.24) is 15.5 Å². The van der Waals surface area contributed by atoms with E-state index in [1.807, 2.05) is 0 Å². The van der Waals surface area contributed by atoms with Gasteiger partial charge >= 0.3 is 0 Å². The molecule has 0 saturated carbocycles. The van der Waals surface area contributed by atoms with E-state index < -0.39 is 0 Å². The van der Waals surface area contributed by atoms with Crippen LogP contribution >= 0.6 is 0 Å². The zero-order valence-electron chi connectivity index (χ0n) is 9.33. The molecule has 1 aliphatic rings. The molecular formula is C11H19N3O. The average Bonchev–Trinajstić information content (AvgIpc) is 2.53. The minimum absolute atomic E-state index is 0.470. The first-order valence-corrected chi connectivity index (χ1v) is 5.93. The first-order valence-electron chi connectivity index (χ1n) is 5.93. The molecule has 1 unspecified atom stereocenters. The van der Waals surface area contributed by atoms with Crippen molar-refractivity contribution >= 4 is 0 Å². The summed E-state index contributed by atoms with van der Waals surface area (Å²) in [5.74, 6) is 2.19. The van der Waals surface area contributed by atoms with E-state index in [1.165, 1.54) is 12.8 Å². The third kappa shape index (κ3) is 2.78. The van der Waals surface area contributed by atoms with Crippen LogP contribution in [-0.4, -0.2) is 23.2 Å². The molecular weight excluding hydrogens is 190 g/mol. The summed E-state index contributed by atoms with van der Waals surface area (Å²) in [5, 5.41) is 7.39. The number of rotatable bonds is 3. The van der Waals surface area contributed by atoms with Gasteiger partial charge < -0.3 is 9.84 Å². The second kappa shape index (κ2) is 5.26. The maximum atomic E-state index is 5.32. The van der Waals surface area contributed by atoms with Crippen LogP contribution in [0.1, 0.15) is 50.2 Å². The van der Waals surface area contributed by atoms with Gasteiger partial charge in [0.2, 0.25) is 5.89 Å². The summed E-state index contributed by atoms with van der Waals surface area (Å²) in [6.45, 7) is 4.31. The summed E-state index contributed by atoms with van der Waals surface area (Å²) in [5.41, 5.74) is 0. The molecule has 1 N–H and O–H groups in total. The molecule has 1 aromatic heterocycles. The van der Waals surface area contributed by atoms with Crippen molar-refractivity contribution in [3.05, 3.63) is 11.7 Å². The fourth-order valence-corrected chi connectivity index (χ4v) is 2.02. The third-order valence-electron chi connectivity index (χ3n) is 2.88. The Hall–Kier alpha value is -0.900. The Morgan fingerprint density at radius 1 is 1.40 bits per heavy atom. The Kier molecular flexibility index (Phi) is 3.72. The monoisotopic (exact) mass is 209 g/mol. The van der Waals surface area contributed by atoms with E-state index >= 15 is 0 Å². The molecule has 4 heteroatoms. The second-order valence-electron chi connectivity index (χ2n) is 4.18. The topological polar surface area (TPSA) is 51.0 Å². The van der Waals surface area contributed by atoms with Crippen molar-refractivity contribution in [3.8, 4) is 0 Å². The van der Waals surface area contributed by atoms with Crippen LogP contribution in [0, 0.1) is 0 Å². The highest BCUT2D eigenvalue weighted by molar-refractivity contribution is 4.95. The van der Waals surface area contributed by atoms with Crippen molar-refractivity contribution in [2.45, 2.75) is 44.9 Å². The predicted molar refractivity (Wildman–Crippen MR) is 57.8 cm³/mol. The molecule has 0 aromatic carbocycles. The third-order valence-corrected chi connectivity index (χ3v) is 2.88. The van der Waals surface area contributed by atoms with E-state index in [9.17, 15) is 0 Å². The first-order chi connectivity index (χ1) is 7.40. The summed E-state index contributed by atoms with van der Waals surface area (Å²) in [6, 6.07) is 0. The molecule has 2 rings (SSSR count). The summed E-state index contributed by atoms with van der Waals surface area (Å²) in [7, 11) is 0. The van der Waals surface area contributed by atoms with Gasteiger partial charge in [-0.15, -0.1) is 0 Å². The average molecular weight is 209 g/mol. The van der Waals surface area contributed by atoms with E-state index in [0.29, 0.717) is 5.92 Å². The van der Waals surface area contributed by atoms with Gasteiger partial charge in [0.15, 0.2) is 5.82 Å². The van der Waals surface area contributed by atoms with Crippen molar-refractivity contribution < 1.29 is 4.52 Å². The van der Waals surface area contributed by atoms with Gasteiger partial charge in [0.05, 0.1) is 0 Å². The van der Waals surface area contributed by atoms with Crippen LogP contribution in [0.5, 0.6) is 0 Å². The predicted octanol–water partition coefficient (Wildman–Crippen LogP) is 1.88. The molecule has 1 atom stereocenters. The first kappa shape index (κ1) is 10.6. The van der Waals surface area contributed by atoms with E-state index in [2.05, 4.69) is 22.4 Å². The fourth-order valence-electron chi connectivity index (χ4n) is 2.02. The maximum Gasteiger partial charge on any atom is 0.229 e. The Morgan fingerprint density at radius 2 is 2.33 bits per heavy atom. The van der Waals surface area contributed by atoms with Crippen molar-refractivity contribution in [2.24, 2.45) is 0 Å². The van der Waals surface area contributed by atoms with Crippen LogP contribution in [0.15, 0.2) is 4.52 Å². The molecule has 0 spiro atoms. The minimum Gasteiger partial charge on any atom is -0.339 e. The second-order valence-corrected chi connectivity index (χ2v) is 4.18. The molecule has 4 nitrogen and oxygen atoms in total. The normalized spacial score (nSPS) is 22.6. The number of hydrogen-bond donors (Lipinski definition) is 1. The Morgan fingerprint density at radius 3 is 3.20 bits per heavy atom. The van der Waals surface area contributed by atoms with Crippen LogP contribution in [0.4, 0.5) is 0 Å². The zero-order valence-corrected chi connectivity index (χ0v) is 9.33. The molecule has 0 radical (unpaired) electrons. The van der Waals surface area contributed by atoms with Crippen molar-refractivity contribution in [3.63, 3.8) is 0 Å². The van der Waals surface area contributed by atoms with Crippen LogP contribution in [0.3, 0.4) is 0 Å².